The molecule has 0 bridgehead atoms. The number of nitrogens with one attached hydrogen (secondary N) is 2. The SMILES string of the molecule is Cc1ccc2[nH]c(=O)c(CN(Cc3cccs3)C(=S)NC[C@@H]3CCCO3)cc2c1. The van der Waals surface area contributed by atoms with Crippen molar-refractivity contribution in [1.82, 2.24) is 15.2 Å². The number of hydrogen-bond acceptors (Lipinski definition) is 4. The van der Waals surface area contributed by atoms with E-state index in [0.29, 0.717) is 30.3 Å². The fourth-order valence-corrected chi connectivity index (χ4v) is 4.53. The molecule has 0 aliphatic carbocycles. The topological polar surface area (TPSA) is 57.4 Å². The Balaban J connectivity index is 1.55. The molecule has 2 N–H and O–H groups in total. The predicted molar refractivity (Wildman–Crippen MR) is 122 cm³/mol. The second kappa shape index (κ2) is 9.07. The van der Waals surface area contributed by atoms with Gasteiger partial charge < -0.3 is 19.9 Å². The predicted octanol–water partition coefficient (Wildman–Crippen LogP) is 3.95. The number of fused-ring (bicyclic) bond motifs is 1. The zero-order valence-corrected chi connectivity index (χ0v) is 18.1. The van der Waals surface area contributed by atoms with Crippen LogP contribution < -0.4 is 10.9 Å². The molecular weight excluding hydrogens is 402 g/mol. The zero-order chi connectivity index (χ0) is 20.2. The molecule has 1 aromatic carbocycles. The van der Waals surface area contributed by atoms with Crippen molar-refractivity contribution in [3.8, 4) is 0 Å². The van der Waals surface area contributed by atoms with Crippen LogP contribution >= 0.6 is 23.6 Å². The maximum atomic E-state index is 12.7. The number of aromatic amines is 1. The number of aromatic nitrogens is 1. The van der Waals surface area contributed by atoms with Crippen molar-refractivity contribution in [2.24, 2.45) is 0 Å². The molecule has 152 valence electrons. The van der Waals surface area contributed by atoms with E-state index in [9.17, 15) is 4.79 Å². The van der Waals surface area contributed by atoms with E-state index in [4.69, 9.17) is 17.0 Å². The van der Waals surface area contributed by atoms with E-state index >= 15 is 0 Å². The third-order valence-corrected chi connectivity index (χ3v) is 6.42. The number of thiophene rings is 1. The van der Waals surface area contributed by atoms with Gasteiger partial charge in [0, 0.05) is 29.1 Å². The van der Waals surface area contributed by atoms with Gasteiger partial charge in [-0.1, -0.05) is 17.7 Å². The van der Waals surface area contributed by atoms with Crippen molar-refractivity contribution < 1.29 is 4.74 Å². The van der Waals surface area contributed by atoms with Crippen LogP contribution in [0.4, 0.5) is 0 Å². The Morgan fingerprint density at radius 2 is 2.24 bits per heavy atom. The minimum absolute atomic E-state index is 0.0699. The van der Waals surface area contributed by atoms with Crippen molar-refractivity contribution in [2.75, 3.05) is 13.2 Å². The molecule has 3 aromatic rings. The number of H-pyrrole nitrogens is 1. The minimum Gasteiger partial charge on any atom is -0.376 e. The van der Waals surface area contributed by atoms with Gasteiger partial charge in [0.15, 0.2) is 5.11 Å². The number of aryl methyl sites for hydroxylation is 1. The van der Waals surface area contributed by atoms with Gasteiger partial charge in [0.05, 0.1) is 19.2 Å². The molecule has 0 unspecified atom stereocenters. The lowest BCUT2D eigenvalue weighted by Crippen LogP contribution is -2.42. The molecule has 0 radical (unpaired) electrons. The lowest BCUT2D eigenvalue weighted by molar-refractivity contribution is 0.113. The van der Waals surface area contributed by atoms with E-state index in [2.05, 4.69) is 39.6 Å². The standard InChI is InChI=1S/C22H25N3O2S2/c1-15-6-7-20-16(10-15)11-17(21(26)24-20)13-25(14-19-5-3-9-29-19)22(28)23-12-18-4-2-8-27-18/h3,5-7,9-11,18H,2,4,8,12-14H2,1H3,(H,23,28)(H,24,26)/t18-/m0/s1. The van der Waals surface area contributed by atoms with Crippen molar-refractivity contribution in [3.05, 3.63) is 68.1 Å². The largest absolute Gasteiger partial charge is 0.376 e. The van der Waals surface area contributed by atoms with Crippen LogP contribution in [0.1, 0.15) is 28.8 Å². The molecule has 1 atom stereocenters. The first-order chi connectivity index (χ1) is 14.1. The summed E-state index contributed by atoms with van der Waals surface area (Å²) in [5.41, 5.74) is 2.66. The van der Waals surface area contributed by atoms with Gasteiger partial charge in [0.25, 0.3) is 5.56 Å². The molecule has 0 amide bonds. The first kappa shape index (κ1) is 20.1. The average Bonchev–Trinajstić information content (AvgIpc) is 3.40. The number of benzene rings is 1. The first-order valence-electron chi connectivity index (χ1n) is 9.88. The molecule has 1 aliphatic heterocycles. The Hall–Kier alpha value is -2.22. The van der Waals surface area contributed by atoms with Gasteiger partial charge in [-0.25, -0.2) is 0 Å². The number of pyridine rings is 1. The van der Waals surface area contributed by atoms with Crippen LogP contribution in [0, 0.1) is 6.92 Å². The summed E-state index contributed by atoms with van der Waals surface area (Å²) in [5.74, 6) is 0. The maximum Gasteiger partial charge on any atom is 0.253 e. The Kier molecular flexibility index (Phi) is 6.28. The smallest absolute Gasteiger partial charge is 0.253 e. The van der Waals surface area contributed by atoms with Gasteiger partial charge in [-0.2, -0.15) is 0 Å². The molecule has 2 aromatic heterocycles. The molecule has 1 aliphatic rings. The van der Waals surface area contributed by atoms with E-state index in [-0.39, 0.29) is 11.7 Å². The van der Waals surface area contributed by atoms with Gasteiger partial charge in [-0.3, -0.25) is 4.79 Å². The molecule has 4 rings (SSSR count). The number of nitrogens with zero attached hydrogens (tertiary/aromatic N) is 1. The third kappa shape index (κ3) is 5.04. The molecular formula is C22H25N3O2S2. The zero-order valence-electron chi connectivity index (χ0n) is 16.4. The number of rotatable bonds is 6. The summed E-state index contributed by atoms with van der Waals surface area (Å²) >= 11 is 7.39. The van der Waals surface area contributed by atoms with Crippen LogP contribution in [-0.2, 0) is 17.8 Å². The van der Waals surface area contributed by atoms with Crippen LogP contribution in [0.3, 0.4) is 0 Å². The Bertz CT molecular complexity index is 1040. The van der Waals surface area contributed by atoms with Gasteiger partial charge in [0.1, 0.15) is 0 Å². The molecule has 0 saturated carbocycles. The third-order valence-electron chi connectivity index (χ3n) is 5.16. The van der Waals surface area contributed by atoms with Crippen LogP contribution in [-0.4, -0.2) is 34.3 Å². The molecule has 1 fully saturated rings. The van der Waals surface area contributed by atoms with E-state index in [1.54, 1.807) is 11.3 Å². The van der Waals surface area contributed by atoms with E-state index in [1.807, 2.05) is 24.3 Å². The van der Waals surface area contributed by atoms with Gasteiger partial charge in [0.2, 0.25) is 0 Å². The Morgan fingerprint density at radius 3 is 3.00 bits per heavy atom. The minimum atomic E-state index is -0.0699. The summed E-state index contributed by atoms with van der Waals surface area (Å²) in [5, 5.41) is 7.09. The van der Waals surface area contributed by atoms with Gasteiger partial charge >= 0.3 is 0 Å². The fourth-order valence-electron chi connectivity index (χ4n) is 3.60. The summed E-state index contributed by atoms with van der Waals surface area (Å²) in [6.07, 6.45) is 2.37. The normalized spacial score (nSPS) is 16.2. The summed E-state index contributed by atoms with van der Waals surface area (Å²) in [6.45, 7) is 4.70. The monoisotopic (exact) mass is 427 g/mol. The summed E-state index contributed by atoms with van der Waals surface area (Å²) in [7, 11) is 0. The van der Waals surface area contributed by atoms with Crippen LogP contribution in [0.15, 0.2) is 46.6 Å². The highest BCUT2D eigenvalue weighted by Crippen LogP contribution is 2.17. The maximum absolute atomic E-state index is 12.7. The number of hydrogen-bond donors (Lipinski definition) is 2. The fraction of sp³-hybridized carbons (Fsp3) is 0.364. The summed E-state index contributed by atoms with van der Waals surface area (Å²) < 4.78 is 5.69. The van der Waals surface area contributed by atoms with E-state index < -0.39 is 0 Å². The molecule has 7 heteroatoms. The van der Waals surface area contributed by atoms with Crippen molar-refractivity contribution in [1.29, 1.82) is 0 Å². The highest BCUT2D eigenvalue weighted by Gasteiger charge is 2.18. The summed E-state index contributed by atoms with van der Waals surface area (Å²) in [4.78, 5) is 19.0. The number of ether oxygens (including phenoxy) is 1. The molecule has 3 heterocycles. The van der Waals surface area contributed by atoms with Crippen LogP contribution in [0.2, 0.25) is 0 Å². The second-order valence-electron chi connectivity index (χ2n) is 7.47. The molecule has 29 heavy (non-hydrogen) atoms. The number of thiocarbonyl (C=S) groups is 1. The Morgan fingerprint density at radius 1 is 1.34 bits per heavy atom. The second-order valence-corrected chi connectivity index (χ2v) is 8.89. The molecule has 5 nitrogen and oxygen atoms in total. The van der Waals surface area contributed by atoms with Gasteiger partial charge in [-0.15, -0.1) is 11.3 Å². The Labute approximate surface area is 179 Å². The highest BCUT2D eigenvalue weighted by atomic mass is 32.1. The lowest BCUT2D eigenvalue weighted by Gasteiger charge is -2.26. The highest BCUT2D eigenvalue weighted by molar-refractivity contribution is 7.80. The van der Waals surface area contributed by atoms with Crippen molar-refractivity contribution in [3.63, 3.8) is 0 Å². The van der Waals surface area contributed by atoms with Crippen LogP contribution in [0.5, 0.6) is 0 Å². The molecule has 0 spiro atoms. The van der Waals surface area contributed by atoms with Crippen LogP contribution in [0.25, 0.3) is 10.9 Å². The van der Waals surface area contributed by atoms with Crippen molar-refractivity contribution >= 4 is 39.6 Å². The quantitative estimate of drug-likeness (QED) is 0.584. The lowest BCUT2D eigenvalue weighted by atomic mass is 10.1. The van der Waals surface area contributed by atoms with Crippen molar-refractivity contribution in [2.45, 2.75) is 39.0 Å². The van der Waals surface area contributed by atoms with E-state index in [0.717, 1.165) is 30.4 Å². The van der Waals surface area contributed by atoms with Gasteiger partial charge in [-0.05, 0) is 67.0 Å². The summed E-state index contributed by atoms with van der Waals surface area (Å²) in [6, 6.07) is 12.1. The first-order valence-corrected chi connectivity index (χ1v) is 11.2. The molecule has 1 saturated heterocycles. The van der Waals surface area contributed by atoms with E-state index in [1.165, 1.54) is 10.4 Å². The average molecular weight is 428 g/mol.